The minimum Gasteiger partial charge on any atom is -0.365 e. The highest BCUT2D eigenvalue weighted by atomic mass is 35.5. The normalized spacial score (nSPS) is 23.1. The molecule has 0 bridgehead atoms. The van der Waals surface area contributed by atoms with Gasteiger partial charge >= 0.3 is 0 Å². The topological polar surface area (TPSA) is 151 Å². The van der Waals surface area contributed by atoms with Gasteiger partial charge in [0.1, 0.15) is 5.56 Å². The molecule has 2 aromatic rings. The Kier molecular flexibility index (Phi) is 6.55. The zero-order valence-electron chi connectivity index (χ0n) is 18.5. The Balaban J connectivity index is 1.47. The number of nitrogens with two attached hydrogens (primary N) is 1. The molecule has 0 radical (unpaired) electrons. The van der Waals surface area contributed by atoms with Gasteiger partial charge in [0.15, 0.2) is 15.7 Å². The zero-order valence-corrected chi connectivity index (χ0v) is 20.1. The van der Waals surface area contributed by atoms with Crippen LogP contribution in [0.15, 0.2) is 30.5 Å². The molecule has 1 aromatic heterocycles. The summed E-state index contributed by atoms with van der Waals surface area (Å²) in [5.41, 5.74) is 6.41. The van der Waals surface area contributed by atoms with Gasteiger partial charge in [-0.2, -0.15) is 10.4 Å². The maximum Gasteiger partial charge on any atom is 0.254 e. The molecule has 1 saturated heterocycles. The summed E-state index contributed by atoms with van der Waals surface area (Å²) in [6.45, 7) is 0.408. The molecule has 0 spiro atoms. The van der Waals surface area contributed by atoms with Gasteiger partial charge in [0.2, 0.25) is 5.91 Å². The molecule has 2 fully saturated rings. The minimum absolute atomic E-state index is 0.109. The fourth-order valence-electron chi connectivity index (χ4n) is 4.49. The number of nitrogens with one attached hydrogen (secondary N) is 1. The summed E-state index contributed by atoms with van der Waals surface area (Å²) in [4.78, 5) is 26.4. The number of nitriles is 1. The van der Waals surface area contributed by atoms with Crippen molar-refractivity contribution in [3.63, 3.8) is 0 Å². The number of likely N-dealkylation sites (tertiary alicyclic amines) is 1. The van der Waals surface area contributed by atoms with Crippen LogP contribution in [-0.2, 0) is 14.6 Å². The Morgan fingerprint density at radius 1 is 1.24 bits per heavy atom. The van der Waals surface area contributed by atoms with Crippen LogP contribution in [0, 0.1) is 23.2 Å². The van der Waals surface area contributed by atoms with Gasteiger partial charge in [0, 0.05) is 42.2 Å². The van der Waals surface area contributed by atoms with E-state index < -0.39 is 26.9 Å². The second-order valence-corrected chi connectivity index (χ2v) is 11.6. The maximum absolute atomic E-state index is 12.9. The molecule has 2 aliphatic rings. The molecule has 1 aromatic carbocycles. The van der Waals surface area contributed by atoms with Gasteiger partial charge in [-0.05, 0) is 43.5 Å². The molecule has 10 nitrogen and oxygen atoms in total. The number of hydrogen-bond donors (Lipinski definition) is 2. The highest BCUT2D eigenvalue weighted by molar-refractivity contribution is 7.91. The molecule has 12 heteroatoms. The first kappa shape index (κ1) is 24.0. The monoisotopic (exact) mass is 504 g/mol. The number of anilines is 2. The van der Waals surface area contributed by atoms with Gasteiger partial charge in [-0.25, -0.2) is 8.42 Å². The fourth-order valence-corrected chi connectivity index (χ4v) is 5.51. The second-order valence-electron chi connectivity index (χ2n) is 8.88. The van der Waals surface area contributed by atoms with Crippen molar-refractivity contribution in [2.75, 3.05) is 24.7 Å². The van der Waals surface area contributed by atoms with Crippen LogP contribution in [0.25, 0.3) is 0 Å². The summed E-state index contributed by atoms with van der Waals surface area (Å²) in [5, 5.41) is 17.4. The molecule has 3 unspecified atom stereocenters. The Bertz CT molecular complexity index is 1250. The number of carbonyl (C=O) groups is 2. The average molecular weight is 505 g/mol. The first-order chi connectivity index (χ1) is 16.1. The van der Waals surface area contributed by atoms with Crippen LogP contribution in [0.1, 0.15) is 35.7 Å². The SMILES string of the molecule is CS(=O)(=O)C1CN(C(=O)C2CCC(n3cc(C(N)=O)c(Nc4ccc(Cl)cc4)n3)C(C#N)C2)C1. The number of aromatic nitrogens is 2. The summed E-state index contributed by atoms with van der Waals surface area (Å²) >= 11 is 5.92. The van der Waals surface area contributed by atoms with Crippen LogP contribution in [0.5, 0.6) is 0 Å². The smallest absolute Gasteiger partial charge is 0.254 e. The number of carbonyl (C=O) groups excluding carboxylic acids is 2. The van der Waals surface area contributed by atoms with Crippen LogP contribution >= 0.6 is 11.6 Å². The standard InChI is InChI=1S/C22H25ClN6O4S/c1-34(32,33)17-10-28(11-17)22(31)13-2-7-19(14(8-13)9-24)29-12-18(20(25)30)21(27-29)26-16-5-3-15(23)4-6-16/h3-6,12-14,17,19H,2,7-8,10-11H2,1H3,(H2,25,30)(H,26,27). The number of hydrogen-bond acceptors (Lipinski definition) is 7. The van der Waals surface area contributed by atoms with Crippen LogP contribution in [0.3, 0.4) is 0 Å². The highest BCUT2D eigenvalue weighted by Crippen LogP contribution is 2.39. The summed E-state index contributed by atoms with van der Waals surface area (Å²) in [5.74, 6) is -1.34. The largest absolute Gasteiger partial charge is 0.365 e. The van der Waals surface area contributed by atoms with Gasteiger partial charge in [-0.1, -0.05) is 11.6 Å². The lowest BCUT2D eigenvalue weighted by Gasteiger charge is -2.41. The molecular formula is C22H25ClN6O4S. The van der Waals surface area contributed by atoms with Crippen molar-refractivity contribution in [3.8, 4) is 6.07 Å². The quantitative estimate of drug-likeness (QED) is 0.611. The minimum atomic E-state index is -3.17. The molecule has 3 atom stereocenters. The number of halogens is 1. The fraction of sp³-hybridized carbons (Fsp3) is 0.455. The Labute approximate surface area is 202 Å². The van der Waals surface area contributed by atoms with E-state index >= 15 is 0 Å². The molecule has 1 saturated carbocycles. The molecule has 4 rings (SSSR count). The van der Waals surface area contributed by atoms with E-state index in [9.17, 15) is 23.3 Å². The van der Waals surface area contributed by atoms with Crippen LogP contribution in [0.2, 0.25) is 5.02 Å². The van der Waals surface area contributed by atoms with E-state index in [-0.39, 0.29) is 42.3 Å². The lowest BCUT2D eigenvalue weighted by molar-refractivity contribution is -0.140. The summed E-state index contributed by atoms with van der Waals surface area (Å²) in [6, 6.07) is 8.84. The van der Waals surface area contributed by atoms with Crippen molar-refractivity contribution < 1.29 is 18.0 Å². The molecule has 2 heterocycles. The third-order valence-electron chi connectivity index (χ3n) is 6.54. The van der Waals surface area contributed by atoms with Crippen molar-refractivity contribution in [3.05, 3.63) is 41.0 Å². The van der Waals surface area contributed by atoms with E-state index in [1.54, 1.807) is 33.8 Å². The van der Waals surface area contributed by atoms with Gasteiger partial charge in [0.25, 0.3) is 5.91 Å². The van der Waals surface area contributed by atoms with Crippen LogP contribution < -0.4 is 11.1 Å². The van der Waals surface area contributed by atoms with E-state index in [0.717, 1.165) is 0 Å². The van der Waals surface area contributed by atoms with Gasteiger partial charge in [0.05, 0.1) is 23.3 Å². The molecule has 180 valence electrons. The average Bonchev–Trinajstić information content (AvgIpc) is 3.16. The number of primary amides is 1. The van der Waals surface area contributed by atoms with E-state index in [4.69, 9.17) is 17.3 Å². The van der Waals surface area contributed by atoms with Gasteiger partial charge < -0.3 is 16.0 Å². The number of benzene rings is 1. The molecule has 3 N–H and O–H groups in total. The molecular weight excluding hydrogens is 480 g/mol. The lowest BCUT2D eigenvalue weighted by Crippen LogP contribution is -2.58. The van der Waals surface area contributed by atoms with Crippen molar-refractivity contribution in [2.24, 2.45) is 17.6 Å². The Morgan fingerprint density at radius 2 is 1.91 bits per heavy atom. The number of amides is 2. The van der Waals surface area contributed by atoms with Crippen molar-refractivity contribution in [1.29, 1.82) is 5.26 Å². The van der Waals surface area contributed by atoms with E-state index in [1.165, 1.54) is 12.5 Å². The molecule has 34 heavy (non-hydrogen) atoms. The van der Waals surface area contributed by atoms with Crippen molar-refractivity contribution in [1.82, 2.24) is 14.7 Å². The van der Waals surface area contributed by atoms with Crippen LogP contribution in [-0.4, -0.2) is 59.5 Å². The number of sulfone groups is 1. The number of nitrogens with zero attached hydrogens (tertiary/aromatic N) is 4. The third kappa shape index (κ3) is 4.88. The first-order valence-electron chi connectivity index (χ1n) is 10.9. The molecule has 2 amide bonds. The van der Waals surface area contributed by atoms with E-state index in [2.05, 4.69) is 16.5 Å². The van der Waals surface area contributed by atoms with E-state index in [0.29, 0.717) is 30.0 Å². The third-order valence-corrected chi connectivity index (χ3v) is 8.30. The lowest BCUT2D eigenvalue weighted by atomic mass is 9.77. The second kappa shape index (κ2) is 9.27. The van der Waals surface area contributed by atoms with Crippen molar-refractivity contribution >= 4 is 44.8 Å². The zero-order chi connectivity index (χ0) is 24.6. The van der Waals surface area contributed by atoms with E-state index in [1.807, 2.05) is 0 Å². The first-order valence-corrected chi connectivity index (χ1v) is 13.2. The van der Waals surface area contributed by atoms with Gasteiger partial charge in [-0.3, -0.25) is 14.3 Å². The number of rotatable bonds is 6. The van der Waals surface area contributed by atoms with Crippen molar-refractivity contribution in [2.45, 2.75) is 30.6 Å². The maximum atomic E-state index is 12.9. The summed E-state index contributed by atoms with van der Waals surface area (Å²) < 4.78 is 24.8. The highest BCUT2D eigenvalue weighted by Gasteiger charge is 2.43. The predicted octanol–water partition coefficient (Wildman–Crippen LogP) is 2.12. The summed E-state index contributed by atoms with van der Waals surface area (Å²) in [6.07, 6.45) is 4.10. The summed E-state index contributed by atoms with van der Waals surface area (Å²) in [7, 11) is -3.17. The van der Waals surface area contributed by atoms with Gasteiger partial charge in [-0.15, -0.1) is 0 Å². The van der Waals surface area contributed by atoms with Crippen LogP contribution in [0.4, 0.5) is 11.5 Å². The predicted molar refractivity (Wildman–Crippen MR) is 126 cm³/mol. The Hall–Kier alpha value is -3.10. The molecule has 1 aliphatic heterocycles. The Morgan fingerprint density at radius 3 is 2.50 bits per heavy atom. The molecule has 1 aliphatic carbocycles.